The van der Waals surface area contributed by atoms with Gasteiger partial charge in [-0.2, -0.15) is 5.26 Å². The van der Waals surface area contributed by atoms with Crippen LogP contribution in [-0.4, -0.2) is 15.0 Å². The highest BCUT2D eigenvalue weighted by Gasteiger charge is 2.14. The SMILES string of the molecule is N#Cc1cnc2nc(-c3ccc(F)cc3)c(-c3ccc(F)cc3)nc2c1. The average Bonchev–Trinajstić information content (AvgIpc) is 2.68. The molecule has 4 rings (SSSR count). The summed E-state index contributed by atoms with van der Waals surface area (Å²) in [6.45, 7) is 0. The molecular weight excluding hydrogens is 334 g/mol. The van der Waals surface area contributed by atoms with E-state index in [2.05, 4.69) is 15.0 Å². The van der Waals surface area contributed by atoms with Gasteiger partial charge in [-0.1, -0.05) is 0 Å². The molecule has 0 saturated carbocycles. The first-order valence-corrected chi connectivity index (χ1v) is 7.74. The second kappa shape index (κ2) is 6.30. The molecule has 0 aliphatic rings. The van der Waals surface area contributed by atoms with Gasteiger partial charge in [-0.25, -0.2) is 23.7 Å². The molecule has 26 heavy (non-hydrogen) atoms. The maximum Gasteiger partial charge on any atom is 0.178 e. The van der Waals surface area contributed by atoms with Crippen molar-refractivity contribution in [1.82, 2.24) is 15.0 Å². The van der Waals surface area contributed by atoms with Gasteiger partial charge in [0, 0.05) is 17.3 Å². The van der Waals surface area contributed by atoms with Crippen LogP contribution in [-0.2, 0) is 0 Å². The predicted octanol–water partition coefficient (Wildman–Crippen LogP) is 4.51. The van der Waals surface area contributed by atoms with Crippen molar-refractivity contribution in [2.45, 2.75) is 0 Å². The van der Waals surface area contributed by atoms with Gasteiger partial charge in [-0.15, -0.1) is 0 Å². The fourth-order valence-electron chi connectivity index (χ4n) is 2.63. The molecule has 0 aliphatic heterocycles. The standard InChI is InChI=1S/C20H10F2N4/c21-15-5-1-13(2-6-15)18-19(14-3-7-16(22)8-4-14)26-20-17(25-18)9-12(10-23)11-24-20/h1-9,11H. The van der Waals surface area contributed by atoms with Crippen LogP contribution >= 0.6 is 0 Å². The Balaban J connectivity index is 2.01. The maximum atomic E-state index is 13.3. The van der Waals surface area contributed by atoms with E-state index in [9.17, 15) is 8.78 Å². The molecular formula is C20H10F2N4. The fourth-order valence-corrected chi connectivity index (χ4v) is 2.63. The minimum Gasteiger partial charge on any atom is -0.242 e. The van der Waals surface area contributed by atoms with E-state index in [1.54, 1.807) is 30.3 Å². The zero-order valence-electron chi connectivity index (χ0n) is 13.3. The average molecular weight is 344 g/mol. The zero-order chi connectivity index (χ0) is 18.1. The lowest BCUT2D eigenvalue weighted by atomic mass is 10.0. The van der Waals surface area contributed by atoms with Crippen LogP contribution in [0.15, 0.2) is 60.8 Å². The summed E-state index contributed by atoms with van der Waals surface area (Å²) >= 11 is 0. The molecule has 0 aliphatic carbocycles. The number of nitriles is 1. The molecule has 2 aromatic carbocycles. The lowest BCUT2D eigenvalue weighted by molar-refractivity contribution is 0.627. The van der Waals surface area contributed by atoms with Crippen LogP contribution in [0.4, 0.5) is 8.78 Å². The van der Waals surface area contributed by atoms with Gasteiger partial charge in [0.1, 0.15) is 23.2 Å². The van der Waals surface area contributed by atoms with E-state index in [-0.39, 0.29) is 11.6 Å². The van der Waals surface area contributed by atoms with Crippen molar-refractivity contribution >= 4 is 11.2 Å². The first-order valence-electron chi connectivity index (χ1n) is 7.74. The molecule has 6 heteroatoms. The molecule has 0 radical (unpaired) electrons. The third-order valence-electron chi connectivity index (χ3n) is 3.89. The molecule has 2 heterocycles. The summed E-state index contributed by atoms with van der Waals surface area (Å²) < 4.78 is 26.6. The molecule has 0 atom stereocenters. The molecule has 2 aromatic heterocycles. The molecule has 0 fully saturated rings. The van der Waals surface area contributed by atoms with Crippen LogP contribution in [0.5, 0.6) is 0 Å². The van der Waals surface area contributed by atoms with E-state index < -0.39 is 0 Å². The van der Waals surface area contributed by atoms with Gasteiger partial charge in [0.15, 0.2) is 5.65 Å². The quantitative estimate of drug-likeness (QED) is 0.537. The van der Waals surface area contributed by atoms with Crippen molar-refractivity contribution in [2.24, 2.45) is 0 Å². The first kappa shape index (κ1) is 15.8. The van der Waals surface area contributed by atoms with Gasteiger partial charge >= 0.3 is 0 Å². The van der Waals surface area contributed by atoms with Crippen molar-refractivity contribution in [3.8, 4) is 28.6 Å². The molecule has 4 nitrogen and oxygen atoms in total. The topological polar surface area (TPSA) is 62.5 Å². The Hall–Kier alpha value is -3.72. The van der Waals surface area contributed by atoms with E-state index in [1.165, 1.54) is 30.5 Å². The minimum atomic E-state index is -0.362. The minimum absolute atomic E-state index is 0.359. The Morgan fingerprint density at radius 2 is 1.31 bits per heavy atom. The van der Waals surface area contributed by atoms with Gasteiger partial charge in [-0.3, -0.25) is 0 Å². The molecule has 0 saturated heterocycles. The number of rotatable bonds is 2. The van der Waals surface area contributed by atoms with Gasteiger partial charge in [0.25, 0.3) is 0 Å². The van der Waals surface area contributed by atoms with E-state index >= 15 is 0 Å². The van der Waals surface area contributed by atoms with E-state index in [0.29, 0.717) is 39.2 Å². The van der Waals surface area contributed by atoms with Crippen molar-refractivity contribution in [3.63, 3.8) is 0 Å². The fraction of sp³-hybridized carbons (Fsp3) is 0. The molecule has 0 bridgehead atoms. The van der Waals surface area contributed by atoms with Crippen LogP contribution in [0, 0.1) is 23.0 Å². The second-order valence-electron chi connectivity index (χ2n) is 5.61. The number of hydrogen-bond acceptors (Lipinski definition) is 4. The summed E-state index contributed by atoms with van der Waals surface area (Å²) in [6.07, 6.45) is 1.42. The monoisotopic (exact) mass is 344 g/mol. The third-order valence-corrected chi connectivity index (χ3v) is 3.89. The van der Waals surface area contributed by atoms with Gasteiger partial charge in [0.05, 0.1) is 17.0 Å². The Morgan fingerprint density at radius 3 is 1.85 bits per heavy atom. The predicted molar refractivity (Wildman–Crippen MR) is 92.8 cm³/mol. The molecule has 0 amide bonds. The summed E-state index contributed by atoms with van der Waals surface area (Å²) in [7, 11) is 0. The lowest BCUT2D eigenvalue weighted by Gasteiger charge is -2.10. The number of fused-ring (bicyclic) bond motifs is 1. The number of nitrogens with zero attached hydrogens (tertiary/aromatic N) is 4. The Bertz CT molecular complexity index is 1150. The first-order chi connectivity index (χ1) is 12.6. The lowest BCUT2D eigenvalue weighted by Crippen LogP contribution is -1.98. The van der Waals surface area contributed by atoms with E-state index in [4.69, 9.17) is 5.26 Å². The smallest absolute Gasteiger partial charge is 0.178 e. The van der Waals surface area contributed by atoms with Crippen LogP contribution in [0.1, 0.15) is 5.56 Å². The van der Waals surface area contributed by atoms with E-state index in [1.807, 2.05) is 6.07 Å². The highest BCUT2D eigenvalue weighted by Crippen LogP contribution is 2.31. The maximum absolute atomic E-state index is 13.3. The normalized spacial score (nSPS) is 10.7. The highest BCUT2D eigenvalue weighted by molar-refractivity contribution is 5.84. The molecule has 0 unspecified atom stereocenters. The molecule has 124 valence electrons. The Morgan fingerprint density at radius 1 is 0.769 bits per heavy atom. The van der Waals surface area contributed by atoms with Crippen LogP contribution in [0.25, 0.3) is 33.7 Å². The number of halogens is 2. The van der Waals surface area contributed by atoms with Gasteiger partial charge in [0.2, 0.25) is 0 Å². The van der Waals surface area contributed by atoms with Crippen LogP contribution < -0.4 is 0 Å². The van der Waals surface area contributed by atoms with Crippen LogP contribution in [0.2, 0.25) is 0 Å². The molecule has 0 N–H and O–H groups in total. The number of pyridine rings is 1. The zero-order valence-corrected chi connectivity index (χ0v) is 13.3. The number of aromatic nitrogens is 3. The van der Waals surface area contributed by atoms with Gasteiger partial charge in [-0.05, 0) is 54.6 Å². The third kappa shape index (κ3) is 2.87. The second-order valence-corrected chi connectivity index (χ2v) is 5.61. The number of hydrogen-bond donors (Lipinski definition) is 0. The number of benzene rings is 2. The summed E-state index contributed by atoms with van der Waals surface area (Å²) in [5, 5.41) is 9.06. The van der Waals surface area contributed by atoms with Crippen molar-refractivity contribution in [3.05, 3.63) is 78.0 Å². The van der Waals surface area contributed by atoms with Crippen molar-refractivity contribution < 1.29 is 8.78 Å². The van der Waals surface area contributed by atoms with Crippen molar-refractivity contribution in [2.75, 3.05) is 0 Å². The largest absolute Gasteiger partial charge is 0.242 e. The molecule has 0 spiro atoms. The van der Waals surface area contributed by atoms with Crippen molar-refractivity contribution in [1.29, 1.82) is 5.26 Å². The summed E-state index contributed by atoms with van der Waals surface area (Å²) in [5.41, 5.74) is 3.51. The van der Waals surface area contributed by atoms with Gasteiger partial charge < -0.3 is 0 Å². The van der Waals surface area contributed by atoms with E-state index in [0.717, 1.165) is 0 Å². The Labute approximate surface area is 147 Å². The molecule has 4 aromatic rings. The highest BCUT2D eigenvalue weighted by atomic mass is 19.1. The summed E-state index contributed by atoms with van der Waals surface area (Å²) in [6, 6.07) is 15.3. The Kier molecular flexibility index (Phi) is 3.82. The summed E-state index contributed by atoms with van der Waals surface area (Å²) in [5.74, 6) is -0.720. The summed E-state index contributed by atoms with van der Waals surface area (Å²) in [4.78, 5) is 13.3. The van der Waals surface area contributed by atoms with Crippen LogP contribution in [0.3, 0.4) is 0 Å².